The zero-order valence-electron chi connectivity index (χ0n) is 7.09. The lowest BCUT2D eigenvalue weighted by molar-refractivity contribution is 0.281. The van der Waals surface area contributed by atoms with E-state index in [1.165, 1.54) is 0 Å². The van der Waals surface area contributed by atoms with Crippen molar-refractivity contribution in [2.75, 3.05) is 11.9 Å². The third-order valence-electron chi connectivity index (χ3n) is 1.43. The highest BCUT2D eigenvalue weighted by Gasteiger charge is 2.02. The zero-order valence-corrected chi connectivity index (χ0v) is 10.0. The van der Waals surface area contributed by atoms with E-state index in [1.807, 2.05) is 13.0 Å². The second kappa shape index (κ2) is 4.97. The number of anilines is 1. The quantitative estimate of drug-likeness (QED) is 0.664. The molecule has 0 amide bonds. The van der Waals surface area contributed by atoms with Crippen LogP contribution in [0, 0.1) is 3.57 Å². The van der Waals surface area contributed by atoms with Crippen LogP contribution in [0.25, 0.3) is 0 Å². The van der Waals surface area contributed by atoms with Gasteiger partial charge in [-0.3, -0.25) is 0 Å². The predicted octanol–water partition coefficient (Wildman–Crippen LogP) is 2.13. The van der Waals surface area contributed by atoms with Crippen LogP contribution in [0.5, 0.6) is 0 Å². The largest absolute Gasteiger partial charge is 0.394 e. The van der Waals surface area contributed by atoms with Gasteiger partial charge in [0.05, 0.1) is 6.61 Å². The standard InChI is InChI=1S/C8H10ClIN2O/c1-5(4-13)11-8-3-6(10)2-7(9)12-8/h2-3,5,13H,4H2,1H3,(H,11,12)/t5-/m0/s1. The van der Waals surface area contributed by atoms with Crippen LogP contribution >= 0.6 is 34.2 Å². The Kier molecular flexibility index (Phi) is 4.21. The summed E-state index contributed by atoms with van der Waals surface area (Å²) < 4.78 is 1.02. The molecular weight excluding hydrogens is 302 g/mol. The molecule has 13 heavy (non-hydrogen) atoms. The fourth-order valence-corrected chi connectivity index (χ4v) is 1.82. The molecule has 1 aromatic rings. The van der Waals surface area contributed by atoms with Crippen LogP contribution in [0.15, 0.2) is 12.1 Å². The van der Waals surface area contributed by atoms with E-state index in [0.717, 1.165) is 3.57 Å². The summed E-state index contributed by atoms with van der Waals surface area (Å²) in [4.78, 5) is 4.06. The van der Waals surface area contributed by atoms with Gasteiger partial charge in [0.25, 0.3) is 0 Å². The zero-order chi connectivity index (χ0) is 9.84. The Morgan fingerprint density at radius 1 is 1.69 bits per heavy atom. The maximum Gasteiger partial charge on any atom is 0.132 e. The molecule has 1 aromatic heterocycles. The molecule has 2 N–H and O–H groups in total. The summed E-state index contributed by atoms with van der Waals surface area (Å²) in [7, 11) is 0. The number of pyridine rings is 1. The Morgan fingerprint density at radius 2 is 2.38 bits per heavy atom. The number of hydrogen-bond acceptors (Lipinski definition) is 3. The van der Waals surface area contributed by atoms with Crippen LogP contribution in [0.4, 0.5) is 5.82 Å². The van der Waals surface area contributed by atoms with Crippen molar-refractivity contribution in [3.63, 3.8) is 0 Å². The summed E-state index contributed by atoms with van der Waals surface area (Å²) in [6, 6.07) is 3.64. The van der Waals surface area contributed by atoms with Crippen LogP contribution in [0.2, 0.25) is 5.15 Å². The molecule has 0 spiro atoms. The highest BCUT2D eigenvalue weighted by atomic mass is 127. The van der Waals surface area contributed by atoms with Crippen LogP contribution in [-0.4, -0.2) is 22.7 Å². The number of aromatic nitrogens is 1. The van der Waals surface area contributed by atoms with E-state index in [9.17, 15) is 0 Å². The lowest BCUT2D eigenvalue weighted by Gasteiger charge is -2.11. The van der Waals surface area contributed by atoms with Crippen molar-refractivity contribution < 1.29 is 5.11 Å². The van der Waals surface area contributed by atoms with Crippen LogP contribution in [0.3, 0.4) is 0 Å². The molecule has 0 saturated carbocycles. The van der Waals surface area contributed by atoms with Crippen molar-refractivity contribution in [1.82, 2.24) is 4.98 Å². The maximum atomic E-state index is 8.81. The monoisotopic (exact) mass is 312 g/mol. The van der Waals surface area contributed by atoms with Gasteiger partial charge in [-0.15, -0.1) is 0 Å². The van der Waals surface area contributed by atoms with E-state index >= 15 is 0 Å². The molecule has 0 unspecified atom stereocenters. The minimum atomic E-state index is -0.0123. The third kappa shape index (κ3) is 3.66. The van der Waals surface area contributed by atoms with Crippen molar-refractivity contribution in [3.8, 4) is 0 Å². The highest BCUT2D eigenvalue weighted by Crippen LogP contribution is 2.16. The van der Waals surface area contributed by atoms with Gasteiger partial charge in [0.2, 0.25) is 0 Å². The summed E-state index contributed by atoms with van der Waals surface area (Å²) >= 11 is 7.92. The van der Waals surface area contributed by atoms with Gasteiger partial charge in [-0.1, -0.05) is 11.6 Å². The number of aliphatic hydroxyl groups is 1. The first-order chi connectivity index (χ1) is 6.11. The first-order valence-corrected chi connectivity index (χ1v) is 5.28. The number of nitrogens with zero attached hydrogens (tertiary/aromatic N) is 1. The summed E-state index contributed by atoms with van der Waals surface area (Å²) in [5, 5.41) is 12.3. The first-order valence-electron chi connectivity index (χ1n) is 3.82. The molecule has 5 heteroatoms. The molecule has 0 bridgehead atoms. The van der Waals surface area contributed by atoms with Gasteiger partial charge in [0.1, 0.15) is 11.0 Å². The summed E-state index contributed by atoms with van der Waals surface area (Å²) in [6.07, 6.45) is 0. The molecule has 1 heterocycles. The summed E-state index contributed by atoms with van der Waals surface area (Å²) in [5.74, 6) is 0.693. The number of rotatable bonds is 3. The van der Waals surface area contributed by atoms with Gasteiger partial charge in [-0.05, 0) is 41.6 Å². The molecule has 0 aliphatic heterocycles. The first kappa shape index (κ1) is 11.0. The SMILES string of the molecule is C[C@@H](CO)Nc1cc(I)cc(Cl)n1. The average Bonchev–Trinajstić information content (AvgIpc) is 2.02. The number of hydrogen-bond donors (Lipinski definition) is 2. The lowest BCUT2D eigenvalue weighted by atomic mass is 10.3. The van der Waals surface area contributed by atoms with Gasteiger partial charge in [-0.25, -0.2) is 4.98 Å². The lowest BCUT2D eigenvalue weighted by Crippen LogP contribution is -2.20. The van der Waals surface area contributed by atoms with Gasteiger partial charge in [-0.2, -0.15) is 0 Å². The number of halogens is 2. The summed E-state index contributed by atoms with van der Waals surface area (Å²) in [5.41, 5.74) is 0. The van der Waals surface area contributed by atoms with Gasteiger partial charge in [0.15, 0.2) is 0 Å². The Labute approximate surface area is 95.7 Å². The molecule has 0 saturated heterocycles. The van der Waals surface area contributed by atoms with Crippen LogP contribution in [-0.2, 0) is 0 Å². The van der Waals surface area contributed by atoms with E-state index < -0.39 is 0 Å². The van der Waals surface area contributed by atoms with E-state index in [4.69, 9.17) is 16.7 Å². The molecule has 72 valence electrons. The molecule has 0 aliphatic carbocycles. The van der Waals surface area contributed by atoms with E-state index in [1.54, 1.807) is 6.07 Å². The fraction of sp³-hybridized carbons (Fsp3) is 0.375. The summed E-state index contributed by atoms with van der Waals surface area (Å²) in [6.45, 7) is 1.94. The Balaban J connectivity index is 2.77. The minimum absolute atomic E-state index is 0.0123. The number of aliphatic hydroxyl groups excluding tert-OH is 1. The van der Waals surface area contributed by atoms with E-state index in [-0.39, 0.29) is 12.6 Å². The Morgan fingerprint density at radius 3 is 2.92 bits per heavy atom. The molecule has 0 aromatic carbocycles. The van der Waals surface area contributed by atoms with Crippen LogP contribution < -0.4 is 5.32 Å². The maximum absolute atomic E-state index is 8.81. The molecule has 0 fully saturated rings. The van der Waals surface area contributed by atoms with Crippen LogP contribution in [0.1, 0.15) is 6.92 Å². The van der Waals surface area contributed by atoms with Crippen molar-refractivity contribution in [2.24, 2.45) is 0 Å². The molecule has 0 aliphatic rings. The number of nitrogens with one attached hydrogen (secondary N) is 1. The Hall–Kier alpha value is -0.0700. The molecule has 0 radical (unpaired) electrons. The highest BCUT2D eigenvalue weighted by molar-refractivity contribution is 14.1. The van der Waals surface area contributed by atoms with Crippen molar-refractivity contribution >= 4 is 40.0 Å². The molecule has 1 atom stereocenters. The smallest absolute Gasteiger partial charge is 0.132 e. The van der Waals surface area contributed by atoms with Crippen molar-refractivity contribution in [2.45, 2.75) is 13.0 Å². The third-order valence-corrected chi connectivity index (χ3v) is 2.24. The normalized spacial score (nSPS) is 12.6. The van der Waals surface area contributed by atoms with Crippen molar-refractivity contribution in [3.05, 3.63) is 20.9 Å². The fourth-order valence-electron chi connectivity index (χ4n) is 0.838. The topological polar surface area (TPSA) is 45.1 Å². The van der Waals surface area contributed by atoms with Gasteiger partial charge < -0.3 is 10.4 Å². The molecule has 1 rings (SSSR count). The minimum Gasteiger partial charge on any atom is -0.394 e. The van der Waals surface area contributed by atoms with E-state index in [2.05, 4.69) is 32.9 Å². The van der Waals surface area contributed by atoms with Crippen molar-refractivity contribution in [1.29, 1.82) is 0 Å². The van der Waals surface area contributed by atoms with Gasteiger partial charge >= 0.3 is 0 Å². The second-order valence-corrected chi connectivity index (χ2v) is 4.35. The van der Waals surface area contributed by atoms with E-state index in [0.29, 0.717) is 11.0 Å². The average molecular weight is 313 g/mol. The second-order valence-electron chi connectivity index (χ2n) is 2.72. The predicted molar refractivity (Wildman–Crippen MR) is 62.1 cm³/mol. The Bertz CT molecular complexity index is 275. The molecular formula is C8H10ClIN2O. The molecule has 3 nitrogen and oxygen atoms in total. The van der Waals surface area contributed by atoms with Gasteiger partial charge in [0, 0.05) is 9.61 Å².